The molecule has 1 saturated heterocycles. The van der Waals surface area contributed by atoms with Gasteiger partial charge in [0.1, 0.15) is 0 Å². The summed E-state index contributed by atoms with van der Waals surface area (Å²) < 4.78 is 0. The Kier molecular flexibility index (Phi) is 4.10. The minimum Gasteiger partial charge on any atom is -0.368 e. The highest BCUT2D eigenvalue weighted by Gasteiger charge is 2.32. The van der Waals surface area contributed by atoms with Crippen molar-refractivity contribution in [1.82, 2.24) is 4.90 Å². The van der Waals surface area contributed by atoms with Crippen LogP contribution in [0.15, 0.2) is 30.3 Å². The smallest absolute Gasteiger partial charge is 0.229 e. The van der Waals surface area contributed by atoms with Crippen molar-refractivity contribution in [2.24, 2.45) is 11.1 Å². The average Bonchev–Trinajstić information content (AvgIpc) is 2.47. The summed E-state index contributed by atoms with van der Waals surface area (Å²) in [4.78, 5) is 16.6. The topological polar surface area (TPSA) is 49.6 Å². The van der Waals surface area contributed by atoms with Gasteiger partial charge in [-0.2, -0.15) is 0 Å². The molecule has 0 saturated carbocycles. The molecule has 1 aromatic carbocycles. The fraction of sp³-hybridized carbons (Fsp3) is 0.533. The van der Waals surface area contributed by atoms with Crippen molar-refractivity contribution in [2.75, 3.05) is 37.6 Å². The Morgan fingerprint density at radius 1 is 1.16 bits per heavy atom. The zero-order valence-electron chi connectivity index (χ0n) is 11.8. The molecule has 0 aromatic heterocycles. The molecule has 1 aromatic rings. The highest BCUT2D eigenvalue weighted by molar-refractivity contribution is 5.82. The van der Waals surface area contributed by atoms with E-state index in [9.17, 15) is 4.79 Å². The van der Waals surface area contributed by atoms with Gasteiger partial charge < -0.3 is 15.5 Å². The zero-order chi connectivity index (χ0) is 13.9. The lowest BCUT2D eigenvalue weighted by Crippen LogP contribution is -2.53. The van der Waals surface area contributed by atoms with Gasteiger partial charge >= 0.3 is 0 Å². The molecule has 19 heavy (non-hydrogen) atoms. The Morgan fingerprint density at radius 2 is 1.74 bits per heavy atom. The van der Waals surface area contributed by atoms with Crippen LogP contribution in [0.25, 0.3) is 0 Å². The van der Waals surface area contributed by atoms with Crippen LogP contribution in [0.5, 0.6) is 0 Å². The van der Waals surface area contributed by atoms with Crippen molar-refractivity contribution in [3.8, 4) is 0 Å². The van der Waals surface area contributed by atoms with Crippen molar-refractivity contribution in [1.29, 1.82) is 0 Å². The van der Waals surface area contributed by atoms with Crippen molar-refractivity contribution in [2.45, 2.75) is 13.8 Å². The summed E-state index contributed by atoms with van der Waals surface area (Å²) >= 11 is 0. The van der Waals surface area contributed by atoms with Crippen LogP contribution >= 0.6 is 0 Å². The largest absolute Gasteiger partial charge is 0.368 e. The number of carbonyl (C=O) groups excluding carboxylic acids is 1. The molecule has 2 N–H and O–H groups in total. The van der Waals surface area contributed by atoms with Crippen molar-refractivity contribution < 1.29 is 4.79 Å². The molecule has 0 radical (unpaired) electrons. The number of para-hydroxylation sites is 1. The van der Waals surface area contributed by atoms with Gasteiger partial charge in [0, 0.05) is 38.4 Å². The molecule has 1 fully saturated rings. The van der Waals surface area contributed by atoms with Gasteiger partial charge in [-0.05, 0) is 26.0 Å². The Bertz CT molecular complexity index is 422. The second-order valence-electron chi connectivity index (χ2n) is 5.70. The highest BCUT2D eigenvalue weighted by Crippen LogP contribution is 2.20. The van der Waals surface area contributed by atoms with Crippen LogP contribution in [-0.2, 0) is 4.79 Å². The Labute approximate surface area is 115 Å². The minimum atomic E-state index is -0.449. The molecule has 1 aliphatic heterocycles. The van der Waals surface area contributed by atoms with E-state index in [1.54, 1.807) is 0 Å². The number of benzene rings is 1. The zero-order valence-corrected chi connectivity index (χ0v) is 11.8. The Balaban J connectivity index is 1.95. The van der Waals surface area contributed by atoms with Crippen molar-refractivity contribution in [3.05, 3.63) is 30.3 Å². The van der Waals surface area contributed by atoms with E-state index in [4.69, 9.17) is 5.73 Å². The van der Waals surface area contributed by atoms with E-state index in [-0.39, 0.29) is 5.91 Å². The predicted molar refractivity (Wildman–Crippen MR) is 78.1 cm³/mol. The number of carbonyl (C=O) groups is 1. The molecule has 4 heteroatoms. The van der Waals surface area contributed by atoms with Crippen LogP contribution in [0, 0.1) is 5.41 Å². The van der Waals surface area contributed by atoms with Gasteiger partial charge in [0.15, 0.2) is 0 Å². The van der Waals surface area contributed by atoms with Crippen molar-refractivity contribution in [3.63, 3.8) is 0 Å². The van der Waals surface area contributed by atoms with E-state index in [2.05, 4.69) is 17.0 Å². The van der Waals surface area contributed by atoms with E-state index in [0.29, 0.717) is 6.54 Å². The van der Waals surface area contributed by atoms with Crippen LogP contribution in [0.1, 0.15) is 13.8 Å². The molecule has 104 valence electrons. The minimum absolute atomic E-state index is 0.169. The van der Waals surface area contributed by atoms with E-state index >= 15 is 0 Å². The molecule has 4 nitrogen and oxygen atoms in total. The lowest BCUT2D eigenvalue weighted by Gasteiger charge is -2.39. The Morgan fingerprint density at radius 3 is 2.26 bits per heavy atom. The van der Waals surface area contributed by atoms with Gasteiger partial charge in [-0.1, -0.05) is 18.2 Å². The van der Waals surface area contributed by atoms with E-state index < -0.39 is 5.41 Å². The monoisotopic (exact) mass is 261 g/mol. The molecule has 0 spiro atoms. The molecule has 1 heterocycles. The molecule has 1 amide bonds. The third kappa shape index (κ3) is 3.07. The summed E-state index contributed by atoms with van der Waals surface area (Å²) in [7, 11) is 0. The molecule has 1 aliphatic rings. The summed E-state index contributed by atoms with van der Waals surface area (Å²) in [5.74, 6) is 0.169. The Hall–Kier alpha value is -1.55. The molecule has 0 atom stereocenters. The first-order chi connectivity index (χ1) is 9.04. The maximum absolute atomic E-state index is 12.3. The normalized spacial score (nSPS) is 16.6. The number of anilines is 1. The lowest BCUT2D eigenvalue weighted by atomic mass is 9.91. The van der Waals surface area contributed by atoms with Gasteiger partial charge in [0.2, 0.25) is 5.91 Å². The van der Waals surface area contributed by atoms with Gasteiger partial charge in [0.25, 0.3) is 0 Å². The lowest BCUT2D eigenvalue weighted by molar-refractivity contribution is -0.140. The van der Waals surface area contributed by atoms with Gasteiger partial charge in [-0.25, -0.2) is 0 Å². The first-order valence-electron chi connectivity index (χ1n) is 6.84. The fourth-order valence-electron chi connectivity index (χ4n) is 2.32. The quantitative estimate of drug-likeness (QED) is 0.893. The van der Waals surface area contributed by atoms with Crippen LogP contribution in [0.3, 0.4) is 0 Å². The molecule has 0 bridgehead atoms. The molecular weight excluding hydrogens is 238 g/mol. The van der Waals surface area contributed by atoms with Gasteiger partial charge in [-0.3, -0.25) is 4.79 Å². The average molecular weight is 261 g/mol. The fourth-order valence-corrected chi connectivity index (χ4v) is 2.32. The number of hydrogen-bond acceptors (Lipinski definition) is 3. The SMILES string of the molecule is CC(C)(CN)C(=O)N1CCN(c2ccccc2)CC1. The van der Waals surface area contributed by atoms with Crippen molar-refractivity contribution >= 4 is 11.6 Å². The second-order valence-corrected chi connectivity index (χ2v) is 5.70. The maximum Gasteiger partial charge on any atom is 0.229 e. The number of hydrogen-bond donors (Lipinski definition) is 1. The van der Waals surface area contributed by atoms with E-state index in [1.807, 2.05) is 36.9 Å². The standard InChI is InChI=1S/C15H23N3O/c1-15(2,12-16)14(19)18-10-8-17(9-11-18)13-6-4-3-5-7-13/h3-7H,8-12,16H2,1-2H3. The summed E-state index contributed by atoms with van der Waals surface area (Å²) in [6.45, 7) is 7.55. The number of nitrogens with two attached hydrogens (primary N) is 1. The summed E-state index contributed by atoms with van der Waals surface area (Å²) in [6, 6.07) is 10.3. The number of amides is 1. The number of nitrogens with zero attached hydrogens (tertiary/aromatic N) is 2. The van der Waals surface area contributed by atoms with Crippen LogP contribution in [-0.4, -0.2) is 43.5 Å². The first-order valence-corrected chi connectivity index (χ1v) is 6.84. The van der Waals surface area contributed by atoms with E-state index in [1.165, 1.54) is 5.69 Å². The van der Waals surface area contributed by atoms with Crippen LogP contribution in [0.2, 0.25) is 0 Å². The molecule has 0 unspecified atom stereocenters. The third-order valence-corrected chi connectivity index (χ3v) is 3.78. The first kappa shape index (κ1) is 13.9. The van der Waals surface area contributed by atoms with Gasteiger partial charge in [0.05, 0.1) is 5.41 Å². The molecule has 0 aliphatic carbocycles. The molecular formula is C15H23N3O. The molecule has 2 rings (SSSR count). The summed E-state index contributed by atoms with van der Waals surface area (Å²) in [5, 5.41) is 0. The third-order valence-electron chi connectivity index (χ3n) is 3.78. The summed E-state index contributed by atoms with van der Waals surface area (Å²) in [5.41, 5.74) is 6.45. The summed E-state index contributed by atoms with van der Waals surface area (Å²) in [6.07, 6.45) is 0. The van der Waals surface area contributed by atoms with Crippen LogP contribution in [0.4, 0.5) is 5.69 Å². The predicted octanol–water partition coefficient (Wildman–Crippen LogP) is 1.32. The van der Waals surface area contributed by atoms with Gasteiger partial charge in [-0.15, -0.1) is 0 Å². The van der Waals surface area contributed by atoms with Crippen LogP contribution < -0.4 is 10.6 Å². The highest BCUT2D eigenvalue weighted by atomic mass is 16.2. The number of piperazine rings is 1. The maximum atomic E-state index is 12.3. The number of rotatable bonds is 3. The second kappa shape index (κ2) is 5.61. The van der Waals surface area contributed by atoms with E-state index in [0.717, 1.165) is 26.2 Å².